The molecule has 0 aromatic heterocycles. The van der Waals surface area contributed by atoms with Gasteiger partial charge in [-0.05, 0) is 60.7 Å². The fraction of sp³-hybridized carbons (Fsp3) is 0.188. The molecule has 0 atom stereocenters. The molecule has 3 rings (SSSR count). The second-order valence-corrected chi connectivity index (χ2v) is 6.37. The lowest BCUT2D eigenvalue weighted by Crippen LogP contribution is -2.12. The van der Waals surface area contributed by atoms with Gasteiger partial charge in [-0.1, -0.05) is 34.2 Å². The van der Waals surface area contributed by atoms with Crippen LogP contribution in [0.5, 0.6) is 0 Å². The lowest BCUT2D eigenvalue weighted by atomic mass is 10.1. The van der Waals surface area contributed by atoms with E-state index in [2.05, 4.69) is 39.4 Å². The third-order valence-corrected chi connectivity index (χ3v) is 4.34. The first-order valence-corrected chi connectivity index (χ1v) is 7.82. The van der Waals surface area contributed by atoms with Gasteiger partial charge in [-0.25, -0.2) is 0 Å². The summed E-state index contributed by atoms with van der Waals surface area (Å²) in [6, 6.07) is 12.5. The fourth-order valence-corrected chi connectivity index (χ4v) is 3.16. The van der Waals surface area contributed by atoms with Crippen molar-refractivity contribution in [3.05, 3.63) is 57.6 Å². The van der Waals surface area contributed by atoms with E-state index in [1.54, 1.807) is 0 Å². The summed E-state index contributed by atoms with van der Waals surface area (Å²) in [7, 11) is 0. The number of anilines is 2. The van der Waals surface area contributed by atoms with Gasteiger partial charge in [-0.15, -0.1) is 0 Å². The van der Waals surface area contributed by atoms with Crippen molar-refractivity contribution >= 4 is 44.5 Å². The number of aryl methyl sites for hydroxylation is 2. The molecule has 2 aromatic rings. The van der Waals surface area contributed by atoms with Gasteiger partial charge in [0.05, 0.1) is 0 Å². The maximum atomic E-state index is 5.80. The van der Waals surface area contributed by atoms with Crippen LogP contribution >= 0.6 is 28.1 Å². The molecule has 0 aliphatic heterocycles. The topological polar surface area (TPSA) is 38.0 Å². The van der Waals surface area contributed by atoms with E-state index in [4.69, 9.17) is 18.0 Å². The summed E-state index contributed by atoms with van der Waals surface area (Å²) in [5, 5.41) is 3.42. The Hall–Kier alpha value is -1.39. The number of rotatable bonds is 3. The average Bonchev–Trinajstić information content (AvgIpc) is 2.88. The molecule has 0 bridgehead atoms. The molecule has 2 nitrogen and oxygen atoms in total. The monoisotopic (exact) mass is 346 g/mol. The molecule has 0 spiro atoms. The molecule has 3 N–H and O–H groups in total. The smallest absolute Gasteiger partial charge is 0.106 e. The number of nitrogens with two attached hydrogens (primary N) is 1. The zero-order valence-corrected chi connectivity index (χ0v) is 13.4. The molecule has 20 heavy (non-hydrogen) atoms. The van der Waals surface area contributed by atoms with Crippen molar-refractivity contribution in [2.45, 2.75) is 19.3 Å². The molecule has 0 amide bonds. The van der Waals surface area contributed by atoms with Crippen LogP contribution in [-0.2, 0) is 12.8 Å². The standard InChI is InChI=1S/C16H15BrN2S/c17-12-5-7-15(14(9-12)16(18)20)19-13-6-4-10-2-1-3-11(10)8-13/h4-9,19H,1-3H2,(H2,18,20). The highest BCUT2D eigenvalue weighted by Gasteiger charge is 2.12. The number of fused-ring (bicyclic) bond motifs is 1. The molecule has 2 aromatic carbocycles. The molecule has 4 heteroatoms. The Bertz CT molecular complexity index is 682. The molecule has 0 heterocycles. The predicted molar refractivity (Wildman–Crippen MR) is 91.8 cm³/mol. The summed E-state index contributed by atoms with van der Waals surface area (Å²) in [5.41, 5.74) is 11.6. The second-order valence-electron chi connectivity index (χ2n) is 5.02. The van der Waals surface area contributed by atoms with Crippen molar-refractivity contribution in [2.75, 3.05) is 5.32 Å². The summed E-state index contributed by atoms with van der Waals surface area (Å²) < 4.78 is 0.972. The third kappa shape index (κ3) is 2.72. The first-order chi connectivity index (χ1) is 9.63. The summed E-state index contributed by atoms with van der Waals surface area (Å²) in [6.45, 7) is 0. The number of hydrogen-bond donors (Lipinski definition) is 2. The minimum atomic E-state index is 0.398. The summed E-state index contributed by atoms with van der Waals surface area (Å²) in [5.74, 6) is 0. The molecule has 102 valence electrons. The van der Waals surface area contributed by atoms with E-state index in [0.29, 0.717) is 4.99 Å². The summed E-state index contributed by atoms with van der Waals surface area (Å²) in [6.07, 6.45) is 3.63. The van der Waals surface area contributed by atoms with E-state index in [1.807, 2.05) is 18.2 Å². The summed E-state index contributed by atoms with van der Waals surface area (Å²) in [4.78, 5) is 0.398. The fourth-order valence-electron chi connectivity index (χ4n) is 2.63. The number of thiocarbonyl (C=S) groups is 1. The predicted octanol–water partition coefficient (Wildman–Crippen LogP) is 4.32. The first-order valence-electron chi connectivity index (χ1n) is 6.61. The van der Waals surface area contributed by atoms with Gasteiger partial charge in [0.1, 0.15) is 4.99 Å². The lowest BCUT2D eigenvalue weighted by molar-refractivity contribution is 0.912. The van der Waals surface area contributed by atoms with Gasteiger partial charge in [0.2, 0.25) is 0 Å². The highest BCUT2D eigenvalue weighted by molar-refractivity contribution is 9.10. The maximum absolute atomic E-state index is 5.80. The van der Waals surface area contributed by atoms with Crippen LogP contribution < -0.4 is 11.1 Å². The van der Waals surface area contributed by atoms with E-state index < -0.39 is 0 Å². The lowest BCUT2D eigenvalue weighted by Gasteiger charge is -2.13. The van der Waals surface area contributed by atoms with Gasteiger partial charge in [0.25, 0.3) is 0 Å². The normalized spacial score (nSPS) is 13.1. The molecular weight excluding hydrogens is 332 g/mol. The molecule has 0 unspecified atom stereocenters. The Balaban J connectivity index is 1.93. The molecular formula is C16H15BrN2S. The Morgan fingerprint density at radius 3 is 2.70 bits per heavy atom. The highest BCUT2D eigenvalue weighted by Crippen LogP contribution is 2.28. The van der Waals surface area contributed by atoms with Crippen LogP contribution in [0, 0.1) is 0 Å². The van der Waals surface area contributed by atoms with Crippen molar-refractivity contribution in [1.29, 1.82) is 0 Å². The van der Waals surface area contributed by atoms with Gasteiger partial charge in [-0.2, -0.15) is 0 Å². The van der Waals surface area contributed by atoms with Crippen LogP contribution in [0.1, 0.15) is 23.1 Å². The van der Waals surface area contributed by atoms with E-state index in [1.165, 1.54) is 30.4 Å². The maximum Gasteiger partial charge on any atom is 0.106 e. The van der Waals surface area contributed by atoms with Crippen molar-refractivity contribution < 1.29 is 0 Å². The van der Waals surface area contributed by atoms with Gasteiger partial charge in [-0.3, -0.25) is 0 Å². The third-order valence-electron chi connectivity index (χ3n) is 3.62. The summed E-state index contributed by atoms with van der Waals surface area (Å²) >= 11 is 8.57. The second kappa shape index (κ2) is 5.54. The molecule has 1 aliphatic rings. The number of nitrogens with one attached hydrogen (secondary N) is 1. The van der Waals surface area contributed by atoms with Crippen LogP contribution in [0.25, 0.3) is 0 Å². The van der Waals surface area contributed by atoms with Crippen LogP contribution in [-0.4, -0.2) is 4.99 Å². The van der Waals surface area contributed by atoms with E-state index in [0.717, 1.165) is 21.4 Å². The van der Waals surface area contributed by atoms with Gasteiger partial charge >= 0.3 is 0 Å². The molecule has 1 aliphatic carbocycles. The Morgan fingerprint density at radius 1 is 1.10 bits per heavy atom. The Morgan fingerprint density at radius 2 is 1.90 bits per heavy atom. The van der Waals surface area contributed by atoms with E-state index >= 15 is 0 Å². The van der Waals surface area contributed by atoms with Crippen molar-refractivity contribution in [1.82, 2.24) is 0 Å². The van der Waals surface area contributed by atoms with Crippen LogP contribution in [0.3, 0.4) is 0 Å². The number of halogens is 1. The molecule has 0 fully saturated rings. The minimum Gasteiger partial charge on any atom is -0.389 e. The SMILES string of the molecule is NC(=S)c1cc(Br)ccc1Nc1ccc2c(c1)CCC2. The van der Waals surface area contributed by atoms with Gasteiger partial charge in [0.15, 0.2) is 0 Å². The largest absolute Gasteiger partial charge is 0.389 e. The van der Waals surface area contributed by atoms with E-state index in [-0.39, 0.29) is 0 Å². The van der Waals surface area contributed by atoms with Crippen molar-refractivity contribution in [2.24, 2.45) is 5.73 Å². The van der Waals surface area contributed by atoms with Gasteiger partial charge in [0, 0.05) is 21.4 Å². The van der Waals surface area contributed by atoms with Crippen LogP contribution in [0.2, 0.25) is 0 Å². The number of benzene rings is 2. The van der Waals surface area contributed by atoms with E-state index in [9.17, 15) is 0 Å². The Kier molecular flexibility index (Phi) is 3.76. The van der Waals surface area contributed by atoms with Crippen molar-refractivity contribution in [3.8, 4) is 0 Å². The number of hydrogen-bond acceptors (Lipinski definition) is 2. The zero-order chi connectivity index (χ0) is 14.1. The van der Waals surface area contributed by atoms with Crippen molar-refractivity contribution in [3.63, 3.8) is 0 Å². The quantitative estimate of drug-likeness (QED) is 0.813. The van der Waals surface area contributed by atoms with Crippen LogP contribution in [0.15, 0.2) is 40.9 Å². The minimum absolute atomic E-state index is 0.398. The molecule has 0 saturated carbocycles. The van der Waals surface area contributed by atoms with Gasteiger partial charge < -0.3 is 11.1 Å². The van der Waals surface area contributed by atoms with Crippen LogP contribution in [0.4, 0.5) is 11.4 Å². The zero-order valence-electron chi connectivity index (χ0n) is 10.9. The highest BCUT2D eigenvalue weighted by atomic mass is 79.9. The Labute approximate surface area is 132 Å². The first kappa shape index (κ1) is 13.6. The molecule has 0 radical (unpaired) electrons. The molecule has 0 saturated heterocycles. The average molecular weight is 347 g/mol.